The summed E-state index contributed by atoms with van der Waals surface area (Å²) in [6.07, 6.45) is 0. The molecule has 1 amide bonds. The molecule has 0 atom stereocenters. The van der Waals surface area contributed by atoms with Gasteiger partial charge in [-0.05, 0) is 36.4 Å². The number of hydrogen-bond acceptors (Lipinski definition) is 4. The molecule has 134 valence electrons. The summed E-state index contributed by atoms with van der Waals surface area (Å²) >= 11 is 1.00. The van der Waals surface area contributed by atoms with E-state index in [9.17, 15) is 13.6 Å². The second kappa shape index (κ2) is 7.13. The highest BCUT2D eigenvalue weighted by molar-refractivity contribution is 7.22. The summed E-state index contributed by atoms with van der Waals surface area (Å²) in [5.74, 6) is -0.717. The standard InChI is InChI=1S/C20H12F2N2O2S/c21-13-10-16(22)18-17(11-13)27-20(23-18)24-19(25)12-5-4-8-15(9-12)26-14-6-2-1-3-7-14/h1-11H,(H,23,24,25). The molecule has 7 heteroatoms. The molecule has 0 aliphatic heterocycles. The van der Waals surface area contributed by atoms with Crippen LogP contribution in [0.5, 0.6) is 11.5 Å². The molecule has 0 unspecified atom stereocenters. The first kappa shape index (κ1) is 17.1. The maximum atomic E-state index is 13.8. The number of fused-ring (bicyclic) bond motifs is 1. The lowest BCUT2D eigenvalue weighted by atomic mass is 10.2. The first-order valence-electron chi connectivity index (χ1n) is 7.98. The highest BCUT2D eigenvalue weighted by Crippen LogP contribution is 2.29. The number of carbonyl (C=O) groups excluding carboxylic acids is 1. The molecule has 1 heterocycles. The summed E-state index contributed by atoms with van der Waals surface area (Å²) in [5.41, 5.74) is 0.382. The highest BCUT2D eigenvalue weighted by Gasteiger charge is 2.14. The van der Waals surface area contributed by atoms with Crippen LogP contribution in [0.1, 0.15) is 10.4 Å². The van der Waals surface area contributed by atoms with Crippen molar-refractivity contribution in [3.63, 3.8) is 0 Å². The maximum absolute atomic E-state index is 13.8. The van der Waals surface area contributed by atoms with Crippen LogP contribution in [0.15, 0.2) is 66.7 Å². The third-order valence-corrected chi connectivity index (χ3v) is 4.63. The number of aromatic nitrogens is 1. The number of benzene rings is 3. The predicted molar refractivity (Wildman–Crippen MR) is 100 cm³/mol. The van der Waals surface area contributed by atoms with E-state index in [2.05, 4.69) is 10.3 Å². The van der Waals surface area contributed by atoms with Crippen LogP contribution >= 0.6 is 11.3 Å². The van der Waals surface area contributed by atoms with Crippen molar-refractivity contribution in [3.8, 4) is 11.5 Å². The fraction of sp³-hybridized carbons (Fsp3) is 0. The van der Waals surface area contributed by atoms with Gasteiger partial charge >= 0.3 is 0 Å². The Labute approximate surface area is 157 Å². The molecule has 0 aliphatic carbocycles. The number of ether oxygens (including phenoxy) is 1. The third-order valence-electron chi connectivity index (χ3n) is 3.71. The van der Waals surface area contributed by atoms with Crippen LogP contribution in [0.2, 0.25) is 0 Å². The van der Waals surface area contributed by atoms with Crippen molar-refractivity contribution in [3.05, 3.63) is 83.9 Å². The van der Waals surface area contributed by atoms with Gasteiger partial charge in [0.1, 0.15) is 22.8 Å². The molecule has 0 saturated heterocycles. The summed E-state index contributed by atoms with van der Waals surface area (Å²) in [6.45, 7) is 0. The van der Waals surface area contributed by atoms with Crippen LogP contribution in [0, 0.1) is 11.6 Å². The van der Waals surface area contributed by atoms with Crippen LogP contribution in [0.4, 0.5) is 13.9 Å². The Bertz CT molecular complexity index is 1130. The average molecular weight is 382 g/mol. The Hall–Kier alpha value is -3.32. The first-order chi connectivity index (χ1) is 13.1. The molecule has 4 rings (SSSR count). The van der Waals surface area contributed by atoms with Gasteiger partial charge in [0.15, 0.2) is 10.9 Å². The van der Waals surface area contributed by atoms with Gasteiger partial charge in [-0.25, -0.2) is 13.8 Å². The van der Waals surface area contributed by atoms with Crippen molar-refractivity contribution in [2.45, 2.75) is 0 Å². The van der Waals surface area contributed by atoms with Crippen molar-refractivity contribution in [1.29, 1.82) is 0 Å². The Morgan fingerprint density at radius 2 is 1.74 bits per heavy atom. The van der Waals surface area contributed by atoms with Crippen LogP contribution in [0.25, 0.3) is 10.2 Å². The zero-order valence-electron chi connectivity index (χ0n) is 13.8. The Morgan fingerprint density at radius 1 is 0.963 bits per heavy atom. The van der Waals surface area contributed by atoms with Gasteiger partial charge in [0.2, 0.25) is 0 Å². The van der Waals surface area contributed by atoms with E-state index in [0.717, 1.165) is 17.4 Å². The van der Waals surface area contributed by atoms with Crippen LogP contribution < -0.4 is 10.1 Å². The van der Waals surface area contributed by atoms with E-state index < -0.39 is 17.5 Å². The van der Waals surface area contributed by atoms with Gasteiger partial charge in [-0.15, -0.1) is 0 Å². The minimum absolute atomic E-state index is 0.0258. The molecule has 0 saturated carbocycles. The molecule has 3 aromatic carbocycles. The summed E-state index contributed by atoms with van der Waals surface area (Å²) in [6, 6.07) is 17.8. The summed E-state index contributed by atoms with van der Waals surface area (Å²) in [7, 11) is 0. The van der Waals surface area contributed by atoms with Gasteiger partial charge in [0, 0.05) is 11.6 Å². The normalized spacial score (nSPS) is 10.7. The monoisotopic (exact) mass is 382 g/mol. The molecule has 0 fully saturated rings. The molecule has 0 radical (unpaired) electrons. The molecular weight excluding hydrogens is 370 g/mol. The van der Waals surface area contributed by atoms with Gasteiger partial charge in [-0.3, -0.25) is 10.1 Å². The number of hydrogen-bond donors (Lipinski definition) is 1. The minimum atomic E-state index is -0.764. The van der Waals surface area contributed by atoms with E-state index >= 15 is 0 Å². The third kappa shape index (κ3) is 3.78. The molecule has 1 aromatic heterocycles. The number of rotatable bonds is 4. The van der Waals surface area contributed by atoms with Crippen molar-refractivity contribution in [1.82, 2.24) is 4.98 Å². The van der Waals surface area contributed by atoms with Crippen molar-refractivity contribution in [2.24, 2.45) is 0 Å². The van der Waals surface area contributed by atoms with E-state index in [1.165, 1.54) is 6.07 Å². The molecule has 1 N–H and O–H groups in total. The van der Waals surface area contributed by atoms with Crippen LogP contribution in [-0.4, -0.2) is 10.9 Å². The number of carbonyl (C=O) groups is 1. The van der Waals surface area contributed by atoms with Gasteiger partial charge in [-0.1, -0.05) is 35.6 Å². The molecule has 0 bridgehead atoms. The van der Waals surface area contributed by atoms with Crippen LogP contribution in [0.3, 0.4) is 0 Å². The van der Waals surface area contributed by atoms with E-state index in [4.69, 9.17) is 4.74 Å². The minimum Gasteiger partial charge on any atom is -0.457 e. The number of nitrogens with zero attached hydrogens (tertiary/aromatic N) is 1. The second-order valence-corrected chi connectivity index (χ2v) is 6.68. The Morgan fingerprint density at radius 3 is 2.56 bits per heavy atom. The van der Waals surface area contributed by atoms with Gasteiger partial charge in [-0.2, -0.15) is 0 Å². The Kier molecular flexibility index (Phi) is 4.52. The fourth-order valence-electron chi connectivity index (χ4n) is 2.51. The zero-order valence-corrected chi connectivity index (χ0v) is 14.6. The molecule has 4 aromatic rings. The average Bonchev–Trinajstić information content (AvgIpc) is 3.05. The van der Waals surface area contributed by atoms with E-state index in [1.807, 2.05) is 30.3 Å². The SMILES string of the molecule is O=C(Nc1nc2c(F)cc(F)cc2s1)c1cccc(Oc2ccccc2)c1. The smallest absolute Gasteiger partial charge is 0.257 e. The van der Waals surface area contributed by atoms with Crippen molar-refractivity contribution < 1.29 is 18.3 Å². The topological polar surface area (TPSA) is 51.2 Å². The molecule has 27 heavy (non-hydrogen) atoms. The van der Waals surface area contributed by atoms with Crippen LogP contribution in [-0.2, 0) is 0 Å². The van der Waals surface area contributed by atoms with E-state index in [1.54, 1.807) is 24.3 Å². The van der Waals surface area contributed by atoms with Gasteiger partial charge in [0.05, 0.1) is 4.70 Å². The number of amides is 1. The van der Waals surface area contributed by atoms with E-state index in [0.29, 0.717) is 21.8 Å². The number of para-hydroxylation sites is 1. The first-order valence-corrected chi connectivity index (χ1v) is 8.80. The molecular formula is C20H12F2N2O2S. The predicted octanol–water partition coefficient (Wildman–Crippen LogP) is 5.62. The lowest BCUT2D eigenvalue weighted by molar-refractivity contribution is 0.102. The van der Waals surface area contributed by atoms with Gasteiger partial charge in [0.25, 0.3) is 5.91 Å². The molecule has 0 spiro atoms. The molecule has 4 nitrogen and oxygen atoms in total. The summed E-state index contributed by atoms with van der Waals surface area (Å²) in [5, 5.41) is 2.80. The van der Waals surface area contributed by atoms with Crippen molar-refractivity contribution >= 4 is 32.6 Å². The lowest BCUT2D eigenvalue weighted by Gasteiger charge is -2.07. The highest BCUT2D eigenvalue weighted by atomic mass is 32.1. The van der Waals surface area contributed by atoms with Gasteiger partial charge < -0.3 is 4.74 Å². The van der Waals surface area contributed by atoms with Crippen molar-refractivity contribution in [2.75, 3.05) is 5.32 Å². The molecule has 0 aliphatic rings. The number of nitrogens with one attached hydrogen (secondary N) is 1. The fourth-order valence-corrected chi connectivity index (χ4v) is 3.41. The second-order valence-electron chi connectivity index (χ2n) is 5.65. The lowest BCUT2D eigenvalue weighted by Crippen LogP contribution is -2.11. The Balaban J connectivity index is 1.55. The zero-order chi connectivity index (χ0) is 18.8. The quantitative estimate of drug-likeness (QED) is 0.498. The largest absolute Gasteiger partial charge is 0.457 e. The maximum Gasteiger partial charge on any atom is 0.257 e. The number of thiazole rings is 1. The summed E-state index contributed by atoms with van der Waals surface area (Å²) < 4.78 is 33.1. The number of anilines is 1. The number of halogens is 2. The van der Waals surface area contributed by atoms with E-state index in [-0.39, 0.29) is 10.6 Å². The summed E-state index contributed by atoms with van der Waals surface area (Å²) in [4.78, 5) is 16.5.